The van der Waals surface area contributed by atoms with Gasteiger partial charge in [-0.1, -0.05) is 28.9 Å². The summed E-state index contributed by atoms with van der Waals surface area (Å²) in [6, 6.07) is 10.4. The van der Waals surface area contributed by atoms with E-state index in [1.54, 1.807) is 0 Å². The molecule has 1 amide bonds. The molecule has 5 nitrogen and oxygen atoms in total. The van der Waals surface area contributed by atoms with Crippen molar-refractivity contribution in [1.82, 2.24) is 15.0 Å². The first-order valence-corrected chi connectivity index (χ1v) is 8.65. The molecule has 0 saturated carbocycles. The van der Waals surface area contributed by atoms with Crippen LogP contribution in [0.5, 0.6) is 0 Å². The first-order chi connectivity index (χ1) is 13.0. The lowest BCUT2D eigenvalue weighted by Gasteiger charge is -2.22. The van der Waals surface area contributed by atoms with Crippen LogP contribution in [-0.2, 0) is 11.3 Å². The molecular formula is C20H17F2N3O2. The van der Waals surface area contributed by atoms with Gasteiger partial charge in [-0.05, 0) is 37.6 Å². The standard InChI is InChI=1S/C20H17F2N3O2/c1-12-3-2-4-13(9-12)19-23-20(27-24-19)17-7-8-18(26)25(17)11-14-10-15(21)5-6-16(14)22/h2-6,9-10,17H,7-8,11H2,1H3. The van der Waals surface area contributed by atoms with Gasteiger partial charge in [0.25, 0.3) is 0 Å². The zero-order valence-electron chi connectivity index (χ0n) is 14.7. The van der Waals surface area contributed by atoms with Gasteiger partial charge in [0, 0.05) is 24.1 Å². The molecule has 7 heteroatoms. The van der Waals surface area contributed by atoms with Gasteiger partial charge in [-0.25, -0.2) is 8.78 Å². The van der Waals surface area contributed by atoms with Crippen LogP contribution >= 0.6 is 0 Å². The third-order valence-corrected chi connectivity index (χ3v) is 4.68. The van der Waals surface area contributed by atoms with E-state index in [4.69, 9.17) is 4.52 Å². The predicted molar refractivity (Wildman–Crippen MR) is 93.4 cm³/mol. The fourth-order valence-corrected chi connectivity index (χ4v) is 3.31. The highest BCUT2D eigenvalue weighted by molar-refractivity contribution is 5.78. The number of hydrogen-bond donors (Lipinski definition) is 0. The molecule has 1 atom stereocenters. The second-order valence-corrected chi connectivity index (χ2v) is 6.64. The van der Waals surface area contributed by atoms with Crippen LogP contribution in [0.2, 0.25) is 0 Å². The molecule has 3 aromatic rings. The van der Waals surface area contributed by atoms with E-state index in [0.29, 0.717) is 24.6 Å². The normalized spacial score (nSPS) is 16.9. The van der Waals surface area contributed by atoms with Crippen LogP contribution < -0.4 is 0 Å². The van der Waals surface area contributed by atoms with E-state index < -0.39 is 17.7 Å². The Morgan fingerprint density at radius 1 is 1.22 bits per heavy atom. The van der Waals surface area contributed by atoms with Crippen LogP contribution in [0, 0.1) is 18.6 Å². The lowest BCUT2D eigenvalue weighted by Crippen LogP contribution is -2.27. The van der Waals surface area contributed by atoms with E-state index in [2.05, 4.69) is 10.1 Å². The summed E-state index contributed by atoms with van der Waals surface area (Å²) in [5.74, 6) is -0.520. The average Bonchev–Trinajstić information content (AvgIpc) is 3.26. The van der Waals surface area contributed by atoms with Gasteiger partial charge in [0.15, 0.2) is 0 Å². The van der Waals surface area contributed by atoms with E-state index in [9.17, 15) is 13.6 Å². The molecule has 27 heavy (non-hydrogen) atoms. The number of likely N-dealkylation sites (tertiary alicyclic amines) is 1. The second-order valence-electron chi connectivity index (χ2n) is 6.64. The summed E-state index contributed by atoms with van der Waals surface area (Å²) in [6.45, 7) is 1.92. The first kappa shape index (κ1) is 17.3. The summed E-state index contributed by atoms with van der Waals surface area (Å²) in [5.41, 5.74) is 2.00. The molecule has 2 aromatic carbocycles. The zero-order chi connectivity index (χ0) is 19.0. The van der Waals surface area contributed by atoms with Crippen LogP contribution in [0.3, 0.4) is 0 Å². The Morgan fingerprint density at radius 2 is 2.07 bits per heavy atom. The smallest absolute Gasteiger partial charge is 0.249 e. The third kappa shape index (κ3) is 3.45. The fraction of sp³-hybridized carbons (Fsp3) is 0.250. The van der Waals surface area contributed by atoms with Gasteiger partial charge in [0.05, 0.1) is 0 Å². The summed E-state index contributed by atoms with van der Waals surface area (Å²) < 4.78 is 32.8. The lowest BCUT2D eigenvalue weighted by atomic mass is 10.1. The summed E-state index contributed by atoms with van der Waals surface area (Å²) in [6.07, 6.45) is 0.787. The number of aryl methyl sites for hydroxylation is 1. The predicted octanol–water partition coefficient (Wildman–Crippen LogP) is 4.19. The van der Waals surface area contributed by atoms with Crippen molar-refractivity contribution in [2.45, 2.75) is 32.4 Å². The number of aromatic nitrogens is 2. The number of hydrogen-bond acceptors (Lipinski definition) is 4. The van der Waals surface area contributed by atoms with Crippen LogP contribution in [0.15, 0.2) is 47.0 Å². The zero-order valence-corrected chi connectivity index (χ0v) is 14.7. The van der Waals surface area contributed by atoms with E-state index in [0.717, 1.165) is 29.3 Å². The molecule has 1 unspecified atom stereocenters. The number of rotatable bonds is 4. The van der Waals surface area contributed by atoms with E-state index in [1.165, 1.54) is 4.90 Å². The van der Waals surface area contributed by atoms with E-state index >= 15 is 0 Å². The number of carbonyl (C=O) groups excluding carboxylic acids is 1. The summed E-state index contributed by atoms with van der Waals surface area (Å²) >= 11 is 0. The van der Waals surface area contributed by atoms with Crippen molar-refractivity contribution in [1.29, 1.82) is 0 Å². The summed E-state index contributed by atoms with van der Waals surface area (Å²) in [7, 11) is 0. The van der Waals surface area contributed by atoms with Gasteiger partial charge in [-0.15, -0.1) is 0 Å². The Balaban J connectivity index is 1.61. The molecule has 0 spiro atoms. The van der Waals surface area contributed by atoms with Gasteiger partial charge in [0.2, 0.25) is 17.6 Å². The Bertz CT molecular complexity index is 1000. The van der Waals surface area contributed by atoms with Crippen molar-refractivity contribution in [2.24, 2.45) is 0 Å². The Hall–Kier alpha value is -3.09. The molecule has 0 aliphatic carbocycles. The molecule has 1 aliphatic rings. The SMILES string of the molecule is Cc1cccc(-c2noc(C3CCC(=O)N3Cc3cc(F)ccc3F)n2)c1. The van der Waals surface area contributed by atoms with Crippen molar-refractivity contribution < 1.29 is 18.1 Å². The molecule has 1 aliphatic heterocycles. The van der Waals surface area contributed by atoms with Crippen LogP contribution in [0.25, 0.3) is 11.4 Å². The van der Waals surface area contributed by atoms with Crippen molar-refractivity contribution >= 4 is 5.91 Å². The highest BCUT2D eigenvalue weighted by atomic mass is 19.1. The first-order valence-electron chi connectivity index (χ1n) is 8.65. The fourth-order valence-electron chi connectivity index (χ4n) is 3.31. The number of halogens is 2. The average molecular weight is 369 g/mol. The molecule has 1 fully saturated rings. The van der Waals surface area contributed by atoms with Gasteiger partial charge in [0.1, 0.15) is 17.7 Å². The molecule has 0 bridgehead atoms. The molecule has 1 aromatic heterocycles. The van der Waals surface area contributed by atoms with Gasteiger partial charge in [-0.3, -0.25) is 4.79 Å². The maximum atomic E-state index is 14.0. The summed E-state index contributed by atoms with van der Waals surface area (Å²) in [4.78, 5) is 18.2. The topological polar surface area (TPSA) is 59.2 Å². The Labute approximate surface area is 154 Å². The van der Waals surface area contributed by atoms with E-state index in [-0.39, 0.29) is 18.0 Å². The Morgan fingerprint density at radius 3 is 2.89 bits per heavy atom. The minimum absolute atomic E-state index is 0.0464. The van der Waals surface area contributed by atoms with Crippen molar-refractivity contribution in [3.8, 4) is 11.4 Å². The van der Waals surface area contributed by atoms with Gasteiger partial charge in [-0.2, -0.15) is 4.98 Å². The summed E-state index contributed by atoms with van der Waals surface area (Å²) in [5, 5.41) is 4.01. The minimum Gasteiger partial charge on any atom is -0.337 e. The number of benzene rings is 2. The minimum atomic E-state index is -0.555. The highest BCUT2D eigenvalue weighted by Crippen LogP contribution is 2.34. The van der Waals surface area contributed by atoms with Crippen LogP contribution in [0.4, 0.5) is 8.78 Å². The maximum Gasteiger partial charge on any atom is 0.249 e. The third-order valence-electron chi connectivity index (χ3n) is 4.68. The molecule has 4 rings (SSSR count). The van der Waals surface area contributed by atoms with Gasteiger partial charge >= 0.3 is 0 Å². The number of carbonyl (C=O) groups is 1. The van der Waals surface area contributed by atoms with Crippen molar-refractivity contribution in [3.63, 3.8) is 0 Å². The number of amides is 1. The molecule has 0 N–H and O–H groups in total. The maximum absolute atomic E-state index is 14.0. The quantitative estimate of drug-likeness (QED) is 0.692. The van der Waals surface area contributed by atoms with Crippen molar-refractivity contribution in [2.75, 3.05) is 0 Å². The second kappa shape index (κ2) is 6.90. The molecule has 1 saturated heterocycles. The molecule has 138 valence electrons. The molecule has 2 heterocycles. The van der Waals surface area contributed by atoms with E-state index in [1.807, 2.05) is 31.2 Å². The largest absolute Gasteiger partial charge is 0.337 e. The molecule has 0 radical (unpaired) electrons. The Kier molecular flexibility index (Phi) is 4.43. The van der Waals surface area contributed by atoms with Crippen LogP contribution in [-0.4, -0.2) is 20.9 Å². The van der Waals surface area contributed by atoms with Crippen molar-refractivity contribution in [3.05, 3.63) is 71.1 Å². The molecular weight excluding hydrogens is 352 g/mol. The van der Waals surface area contributed by atoms with Gasteiger partial charge < -0.3 is 9.42 Å². The van der Waals surface area contributed by atoms with Crippen LogP contribution in [0.1, 0.15) is 35.9 Å². The highest BCUT2D eigenvalue weighted by Gasteiger charge is 2.36. The number of nitrogens with zero attached hydrogens (tertiary/aromatic N) is 3. The monoisotopic (exact) mass is 369 g/mol. The lowest BCUT2D eigenvalue weighted by molar-refractivity contribution is -0.130.